The van der Waals surface area contributed by atoms with Crippen molar-refractivity contribution in [1.29, 1.82) is 0 Å². The number of benzene rings is 1. The largest absolute Gasteiger partial charge is 0.361 e. The molecule has 1 aromatic carbocycles. The van der Waals surface area contributed by atoms with Gasteiger partial charge in [-0.25, -0.2) is 4.79 Å². The van der Waals surface area contributed by atoms with Gasteiger partial charge in [0.15, 0.2) is 0 Å². The number of rotatable bonds is 7. The Kier molecular flexibility index (Phi) is 6.26. The minimum atomic E-state index is 0.0165. The number of aromatic amines is 1. The maximum absolute atomic E-state index is 12.4. The molecule has 0 saturated carbocycles. The highest BCUT2D eigenvalue weighted by atomic mass is 16.2. The first kappa shape index (κ1) is 18.3. The van der Waals surface area contributed by atoms with E-state index >= 15 is 0 Å². The second-order valence-electron chi connectivity index (χ2n) is 6.69. The number of fused-ring (bicyclic) bond motifs is 1. The molecule has 132 valence electrons. The van der Waals surface area contributed by atoms with Crippen molar-refractivity contribution in [3.05, 3.63) is 35.5 Å². The lowest BCUT2D eigenvalue weighted by Gasteiger charge is -2.30. The summed E-state index contributed by atoms with van der Waals surface area (Å²) < 4.78 is 0. The molecule has 5 heteroatoms. The van der Waals surface area contributed by atoms with Crippen molar-refractivity contribution in [3.8, 4) is 0 Å². The van der Waals surface area contributed by atoms with Gasteiger partial charge in [0.05, 0.1) is 0 Å². The molecule has 0 bridgehead atoms. The van der Waals surface area contributed by atoms with Crippen LogP contribution in [-0.2, 0) is 6.42 Å². The van der Waals surface area contributed by atoms with Gasteiger partial charge in [0.2, 0.25) is 0 Å². The molecule has 0 aliphatic carbocycles. The standard InChI is InChI=1S/C19H30N4O/c1-6-23(15(3)13-22(4)5)19(24)20-11-10-16-12-21-18-14(2)8-7-9-17(16)18/h7-9,12,15,21H,6,10-11,13H2,1-5H3,(H,20,24)/t15-/m1/s1. The van der Waals surface area contributed by atoms with E-state index in [1.165, 1.54) is 22.0 Å². The minimum Gasteiger partial charge on any atom is -0.361 e. The zero-order valence-corrected chi connectivity index (χ0v) is 15.5. The van der Waals surface area contributed by atoms with E-state index in [4.69, 9.17) is 0 Å². The van der Waals surface area contributed by atoms with Gasteiger partial charge in [-0.3, -0.25) is 0 Å². The highest BCUT2D eigenvalue weighted by molar-refractivity contribution is 5.86. The second-order valence-corrected chi connectivity index (χ2v) is 6.69. The van der Waals surface area contributed by atoms with Gasteiger partial charge in [-0.05, 0) is 52.4 Å². The molecule has 5 nitrogen and oxygen atoms in total. The van der Waals surface area contributed by atoms with Crippen molar-refractivity contribution in [2.75, 3.05) is 33.7 Å². The molecule has 2 N–H and O–H groups in total. The molecule has 1 heterocycles. The van der Waals surface area contributed by atoms with E-state index in [1.54, 1.807) is 0 Å². The number of nitrogens with zero attached hydrogens (tertiary/aromatic N) is 2. The fourth-order valence-electron chi connectivity index (χ4n) is 3.26. The Bertz CT molecular complexity index is 677. The lowest BCUT2D eigenvalue weighted by Crippen LogP contribution is -2.48. The Hall–Kier alpha value is -2.01. The van der Waals surface area contributed by atoms with Gasteiger partial charge >= 0.3 is 6.03 Å². The van der Waals surface area contributed by atoms with Gasteiger partial charge in [0.1, 0.15) is 0 Å². The van der Waals surface area contributed by atoms with Gasteiger partial charge < -0.3 is 20.1 Å². The van der Waals surface area contributed by atoms with Crippen LogP contribution in [0.25, 0.3) is 10.9 Å². The van der Waals surface area contributed by atoms with Gasteiger partial charge in [0, 0.05) is 42.8 Å². The van der Waals surface area contributed by atoms with Crippen LogP contribution in [0.1, 0.15) is 25.0 Å². The van der Waals surface area contributed by atoms with Crippen LogP contribution in [0.2, 0.25) is 0 Å². The smallest absolute Gasteiger partial charge is 0.317 e. The average molecular weight is 330 g/mol. The Balaban J connectivity index is 1.92. The van der Waals surface area contributed by atoms with Crippen molar-refractivity contribution in [2.24, 2.45) is 0 Å². The van der Waals surface area contributed by atoms with Crippen molar-refractivity contribution in [2.45, 2.75) is 33.2 Å². The minimum absolute atomic E-state index is 0.0165. The molecule has 1 aromatic heterocycles. The van der Waals surface area contributed by atoms with Crippen LogP contribution in [0, 0.1) is 6.92 Å². The van der Waals surface area contributed by atoms with Gasteiger partial charge in [0.25, 0.3) is 0 Å². The van der Waals surface area contributed by atoms with E-state index in [0.717, 1.165) is 13.0 Å². The summed E-state index contributed by atoms with van der Waals surface area (Å²) in [6.45, 7) is 8.44. The third-order valence-corrected chi connectivity index (χ3v) is 4.44. The summed E-state index contributed by atoms with van der Waals surface area (Å²) in [6, 6.07) is 6.53. The molecule has 0 aliphatic heterocycles. The molecular weight excluding hydrogens is 300 g/mol. The number of para-hydroxylation sites is 1. The van der Waals surface area contributed by atoms with Gasteiger partial charge in [-0.15, -0.1) is 0 Å². The summed E-state index contributed by atoms with van der Waals surface area (Å²) in [7, 11) is 4.06. The van der Waals surface area contributed by atoms with Crippen molar-refractivity contribution < 1.29 is 4.79 Å². The summed E-state index contributed by atoms with van der Waals surface area (Å²) >= 11 is 0. The number of aryl methyl sites for hydroxylation is 1. The maximum atomic E-state index is 12.4. The maximum Gasteiger partial charge on any atom is 0.317 e. The molecule has 2 rings (SSSR count). The van der Waals surface area contributed by atoms with Crippen LogP contribution >= 0.6 is 0 Å². The first-order chi connectivity index (χ1) is 11.4. The molecule has 0 aliphatic rings. The van der Waals surface area contributed by atoms with Crippen molar-refractivity contribution in [1.82, 2.24) is 20.1 Å². The van der Waals surface area contributed by atoms with Crippen LogP contribution in [-0.4, -0.2) is 60.6 Å². The average Bonchev–Trinajstić information content (AvgIpc) is 2.92. The number of nitrogens with one attached hydrogen (secondary N) is 2. The van der Waals surface area contributed by atoms with E-state index in [0.29, 0.717) is 13.1 Å². The van der Waals surface area contributed by atoms with E-state index < -0.39 is 0 Å². The Labute approximate surface area is 145 Å². The highest BCUT2D eigenvalue weighted by Crippen LogP contribution is 2.21. The van der Waals surface area contributed by atoms with E-state index in [-0.39, 0.29) is 12.1 Å². The lowest BCUT2D eigenvalue weighted by molar-refractivity contribution is 0.169. The number of hydrogen-bond acceptors (Lipinski definition) is 2. The summed E-state index contributed by atoms with van der Waals surface area (Å²) in [4.78, 5) is 19.8. The van der Waals surface area contributed by atoms with Crippen LogP contribution in [0.4, 0.5) is 4.79 Å². The number of carbonyl (C=O) groups is 1. The fourth-order valence-corrected chi connectivity index (χ4v) is 3.26. The number of H-pyrrole nitrogens is 1. The van der Waals surface area contributed by atoms with Crippen LogP contribution < -0.4 is 5.32 Å². The number of carbonyl (C=O) groups excluding carboxylic acids is 1. The number of urea groups is 1. The third-order valence-electron chi connectivity index (χ3n) is 4.44. The predicted molar refractivity (Wildman–Crippen MR) is 101 cm³/mol. The molecule has 24 heavy (non-hydrogen) atoms. The van der Waals surface area contributed by atoms with Crippen molar-refractivity contribution in [3.63, 3.8) is 0 Å². The lowest BCUT2D eigenvalue weighted by atomic mass is 10.1. The number of aromatic nitrogens is 1. The number of hydrogen-bond donors (Lipinski definition) is 2. The molecule has 1 atom stereocenters. The zero-order valence-electron chi connectivity index (χ0n) is 15.5. The van der Waals surface area contributed by atoms with E-state index in [2.05, 4.69) is 53.4 Å². The molecule has 2 amide bonds. The Morgan fingerprint density at radius 3 is 2.75 bits per heavy atom. The normalized spacial score (nSPS) is 12.6. The summed E-state index contributed by atoms with van der Waals surface area (Å²) in [5.41, 5.74) is 3.68. The van der Waals surface area contributed by atoms with Crippen LogP contribution in [0.15, 0.2) is 24.4 Å². The zero-order chi connectivity index (χ0) is 17.7. The fraction of sp³-hybridized carbons (Fsp3) is 0.526. The number of likely N-dealkylation sites (N-methyl/N-ethyl adjacent to an activating group) is 2. The quantitative estimate of drug-likeness (QED) is 0.820. The molecule has 0 fully saturated rings. The highest BCUT2D eigenvalue weighted by Gasteiger charge is 2.18. The number of amides is 2. The van der Waals surface area contributed by atoms with E-state index in [1.807, 2.05) is 25.9 Å². The molecule has 0 unspecified atom stereocenters. The van der Waals surface area contributed by atoms with Crippen LogP contribution in [0.3, 0.4) is 0 Å². The predicted octanol–water partition coefficient (Wildman–Crippen LogP) is 3.00. The molecule has 0 saturated heterocycles. The van der Waals surface area contributed by atoms with Gasteiger partial charge in [-0.2, -0.15) is 0 Å². The summed E-state index contributed by atoms with van der Waals surface area (Å²) in [5, 5.41) is 4.31. The third kappa shape index (κ3) is 4.29. The van der Waals surface area contributed by atoms with Gasteiger partial charge in [-0.1, -0.05) is 18.2 Å². The Morgan fingerprint density at radius 2 is 2.08 bits per heavy atom. The molecule has 0 spiro atoms. The molecule has 0 radical (unpaired) electrons. The summed E-state index contributed by atoms with van der Waals surface area (Å²) in [5.74, 6) is 0. The first-order valence-corrected chi connectivity index (χ1v) is 8.68. The van der Waals surface area contributed by atoms with Crippen LogP contribution in [0.5, 0.6) is 0 Å². The second kappa shape index (κ2) is 8.20. The topological polar surface area (TPSA) is 51.4 Å². The monoisotopic (exact) mass is 330 g/mol. The van der Waals surface area contributed by atoms with Crippen molar-refractivity contribution >= 4 is 16.9 Å². The first-order valence-electron chi connectivity index (χ1n) is 8.68. The van der Waals surface area contributed by atoms with E-state index in [9.17, 15) is 4.79 Å². The molecular formula is C19H30N4O. The molecule has 2 aromatic rings. The Morgan fingerprint density at radius 1 is 1.33 bits per heavy atom. The SMILES string of the molecule is CCN(C(=O)NCCc1c[nH]c2c(C)cccc12)[C@H](C)CN(C)C. The summed E-state index contributed by atoms with van der Waals surface area (Å²) in [6.07, 6.45) is 2.88.